The smallest absolute Gasteiger partial charge is 0.387 e. The molecule has 0 aliphatic heterocycles. The predicted octanol–water partition coefficient (Wildman–Crippen LogP) is 3.06. The second kappa shape index (κ2) is 11.3. The van der Waals surface area contributed by atoms with Gasteiger partial charge in [-0.25, -0.2) is 9.97 Å². The Bertz CT molecular complexity index is 1030. The monoisotopic (exact) mass is 458 g/mol. The molecule has 0 aliphatic carbocycles. The van der Waals surface area contributed by atoms with Crippen molar-refractivity contribution in [2.45, 2.75) is 25.6 Å². The highest BCUT2D eigenvalue weighted by Gasteiger charge is 2.19. The van der Waals surface area contributed by atoms with Crippen LogP contribution in [0.1, 0.15) is 18.4 Å². The summed E-state index contributed by atoms with van der Waals surface area (Å²) in [5.74, 6) is -0.699. The molecule has 2 atom stereocenters. The van der Waals surface area contributed by atoms with Crippen LogP contribution >= 0.6 is 0 Å². The number of alkyl halides is 2. The van der Waals surface area contributed by atoms with Gasteiger partial charge in [0.2, 0.25) is 11.9 Å². The number of carbonyl (C=O) groups is 1. The molecule has 0 spiro atoms. The van der Waals surface area contributed by atoms with Gasteiger partial charge >= 0.3 is 6.61 Å². The Morgan fingerprint density at radius 2 is 1.67 bits per heavy atom. The van der Waals surface area contributed by atoms with E-state index in [0.29, 0.717) is 22.8 Å². The first-order chi connectivity index (χ1) is 15.9. The molecule has 1 amide bonds. The van der Waals surface area contributed by atoms with Crippen LogP contribution in [0, 0.1) is 0 Å². The molecular formula is C23H24F2N4O4. The number of nitrogens with zero attached hydrogens (tertiary/aromatic N) is 2. The highest BCUT2D eigenvalue weighted by Crippen LogP contribution is 2.24. The third-order valence-corrected chi connectivity index (χ3v) is 4.70. The lowest BCUT2D eigenvalue weighted by Gasteiger charge is -2.16. The van der Waals surface area contributed by atoms with Crippen LogP contribution in [0.25, 0.3) is 11.1 Å². The molecule has 0 fully saturated rings. The van der Waals surface area contributed by atoms with Crippen molar-refractivity contribution in [3.8, 4) is 16.9 Å². The first-order valence-corrected chi connectivity index (χ1v) is 10.2. The molecule has 3 rings (SSSR count). The van der Waals surface area contributed by atoms with Crippen molar-refractivity contribution >= 4 is 17.5 Å². The van der Waals surface area contributed by atoms with E-state index in [-0.39, 0.29) is 24.8 Å². The maximum atomic E-state index is 12.3. The maximum absolute atomic E-state index is 12.3. The zero-order valence-electron chi connectivity index (χ0n) is 17.8. The Kier molecular flexibility index (Phi) is 8.22. The van der Waals surface area contributed by atoms with E-state index in [0.717, 1.165) is 5.56 Å². The molecule has 0 aliphatic rings. The van der Waals surface area contributed by atoms with Gasteiger partial charge in [0, 0.05) is 30.2 Å². The van der Waals surface area contributed by atoms with Crippen molar-refractivity contribution in [2.75, 3.05) is 18.5 Å². The normalized spacial score (nSPS) is 12.8. The molecule has 2 unspecified atom stereocenters. The molecule has 3 aromatic rings. The number of benzene rings is 2. The number of amides is 1. The third kappa shape index (κ3) is 6.93. The first kappa shape index (κ1) is 24.0. The number of anilines is 2. The van der Waals surface area contributed by atoms with E-state index >= 15 is 0 Å². The first-order valence-electron chi connectivity index (χ1n) is 10.2. The van der Waals surface area contributed by atoms with Gasteiger partial charge in [-0.2, -0.15) is 8.78 Å². The number of halogens is 2. The van der Waals surface area contributed by atoms with Crippen LogP contribution < -0.4 is 15.4 Å². The molecule has 0 saturated heterocycles. The SMILES string of the molecule is CC(O)CNC(=O)C(CO)c1ccc(Nc2ncc(-c3ccc(OC(F)F)cc3)cn2)cc1. The topological polar surface area (TPSA) is 117 Å². The fraction of sp³-hybridized carbons (Fsp3) is 0.261. The molecule has 2 aromatic carbocycles. The molecule has 1 aromatic heterocycles. The highest BCUT2D eigenvalue weighted by molar-refractivity contribution is 5.84. The molecule has 33 heavy (non-hydrogen) atoms. The van der Waals surface area contributed by atoms with E-state index in [1.807, 2.05) is 0 Å². The maximum Gasteiger partial charge on any atom is 0.387 e. The second-order valence-electron chi connectivity index (χ2n) is 7.27. The van der Waals surface area contributed by atoms with Gasteiger partial charge in [-0.05, 0) is 42.3 Å². The molecule has 1 heterocycles. The van der Waals surface area contributed by atoms with E-state index in [2.05, 4.69) is 25.3 Å². The zero-order chi connectivity index (χ0) is 23.8. The number of rotatable bonds is 10. The van der Waals surface area contributed by atoms with Crippen LogP contribution in [0.15, 0.2) is 60.9 Å². The van der Waals surface area contributed by atoms with E-state index in [1.165, 1.54) is 12.1 Å². The lowest BCUT2D eigenvalue weighted by Crippen LogP contribution is -2.35. The predicted molar refractivity (Wildman–Crippen MR) is 118 cm³/mol. The average Bonchev–Trinajstić information content (AvgIpc) is 2.80. The number of carbonyl (C=O) groups excluding carboxylic acids is 1. The van der Waals surface area contributed by atoms with Gasteiger partial charge in [0.05, 0.1) is 18.6 Å². The summed E-state index contributed by atoms with van der Waals surface area (Å²) in [6.07, 6.45) is 2.52. The number of aliphatic hydroxyl groups excluding tert-OH is 2. The second-order valence-corrected chi connectivity index (χ2v) is 7.27. The molecule has 8 nitrogen and oxygen atoms in total. The summed E-state index contributed by atoms with van der Waals surface area (Å²) in [4.78, 5) is 20.7. The van der Waals surface area contributed by atoms with Gasteiger partial charge in [0.1, 0.15) is 5.75 Å². The van der Waals surface area contributed by atoms with E-state index < -0.39 is 18.6 Å². The fourth-order valence-corrected chi connectivity index (χ4v) is 3.01. The van der Waals surface area contributed by atoms with E-state index in [4.69, 9.17) is 0 Å². The van der Waals surface area contributed by atoms with Gasteiger partial charge in [0.15, 0.2) is 0 Å². The lowest BCUT2D eigenvalue weighted by molar-refractivity contribution is -0.123. The summed E-state index contributed by atoms with van der Waals surface area (Å²) >= 11 is 0. The van der Waals surface area contributed by atoms with Gasteiger partial charge in [0.25, 0.3) is 0 Å². The van der Waals surface area contributed by atoms with Crippen molar-refractivity contribution in [3.05, 3.63) is 66.5 Å². The third-order valence-electron chi connectivity index (χ3n) is 4.70. The minimum absolute atomic E-state index is 0.0697. The molecule has 174 valence electrons. The number of ether oxygens (including phenoxy) is 1. The van der Waals surface area contributed by atoms with Crippen molar-refractivity contribution in [1.29, 1.82) is 0 Å². The molecule has 4 N–H and O–H groups in total. The van der Waals surface area contributed by atoms with Crippen LogP contribution in [0.3, 0.4) is 0 Å². The van der Waals surface area contributed by atoms with Crippen LogP contribution in [-0.4, -0.2) is 52.0 Å². The van der Waals surface area contributed by atoms with E-state index in [9.17, 15) is 23.8 Å². The number of aliphatic hydroxyl groups is 2. The van der Waals surface area contributed by atoms with Crippen LogP contribution in [0.4, 0.5) is 20.4 Å². The van der Waals surface area contributed by atoms with Crippen molar-refractivity contribution < 1.29 is 28.5 Å². The summed E-state index contributed by atoms with van der Waals surface area (Å²) < 4.78 is 28.8. The van der Waals surface area contributed by atoms with Gasteiger partial charge in [-0.1, -0.05) is 24.3 Å². The minimum atomic E-state index is -2.87. The van der Waals surface area contributed by atoms with Gasteiger partial charge in [-0.3, -0.25) is 4.79 Å². The Balaban J connectivity index is 1.62. The molecule has 10 heteroatoms. The lowest BCUT2D eigenvalue weighted by atomic mass is 9.98. The van der Waals surface area contributed by atoms with E-state index in [1.54, 1.807) is 55.7 Å². The minimum Gasteiger partial charge on any atom is -0.435 e. The standard InChI is InChI=1S/C23H24F2N4O4/c1-14(31)10-26-21(32)20(13-30)16-2-6-18(7-3-16)29-23-27-11-17(12-28-23)15-4-8-19(9-5-15)33-22(24)25/h2-9,11-12,14,20,22,30-31H,10,13H2,1H3,(H,26,32)(H,27,28,29). The Labute approximate surface area is 189 Å². The summed E-state index contributed by atoms with van der Waals surface area (Å²) in [5.41, 5.74) is 2.76. The zero-order valence-corrected chi connectivity index (χ0v) is 17.8. The molecule has 0 radical (unpaired) electrons. The van der Waals surface area contributed by atoms with Crippen molar-refractivity contribution in [1.82, 2.24) is 15.3 Å². The Morgan fingerprint density at radius 3 is 2.21 bits per heavy atom. The number of aromatic nitrogens is 2. The van der Waals surface area contributed by atoms with Crippen molar-refractivity contribution in [3.63, 3.8) is 0 Å². The van der Waals surface area contributed by atoms with Gasteiger partial charge < -0.3 is 25.6 Å². The van der Waals surface area contributed by atoms with Crippen LogP contribution in [0.5, 0.6) is 5.75 Å². The summed E-state index contributed by atoms with van der Waals surface area (Å²) in [6.45, 7) is -1.57. The Hall–Kier alpha value is -3.63. The fourth-order valence-electron chi connectivity index (χ4n) is 3.01. The number of nitrogens with one attached hydrogen (secondary N) is 2. The van der Waals surface area contributed by atoms with Crippen LogP contribution in [0.2, 0.25) is 0 Å². The van der Waals surface area contributed by atoms with Crippen LogP contribution in [-0.2, 0) is 4.79 Å². The largest absolute Gasteiger partial charge is 0.435 e. The van der Waals surface area contributed by atoms with Crippen molar-refractivity contribution in [2.24, 2.45) is 0 Å². The summed E-state index contributed by atoms with van der Waals surface area (Å²) in [6, 6.07) is 13.1. The molecule has 0 saturated carbocycles. The molecule has 0 bridgehead atoms. The number of hydrogen-bond donors (Lipinski definition) is 4. The number of hydrogen-bond acceptors (Lipinski definition) is 7. The summed E-state index contributed by atoms with van der Waals surface area (Å²) in [7, 11) is 0. The van der Waals surface area contributed by atoms with Gasteiger partial charge in [-0.15, -0.1) is 0 Å². The quantitative estimate of drug-likeness (QED) is 0.369. The summed E-state index contributed by atoms with van der Waals surface area (Å²) in [5, 5.41) is 24.5. The highest BCUT2D eigenvalue weighted by atomic mass is 19.3. The average molecular weight is 458 g/mol. The molecular weight excluding hydrogens is 434 g/mol. The Morgan fingerprint density at radius 1 is 1.03 bits per heavy atom.